The van der Waals surface area contributed by atoms with E-state index in [1.165, 1.54) is 0 Å². The predicted octanol–water partition coefficient (Wildman–Crippen LogP) is 1.58. The third-order valence-corrected chi connectivity index (χ3v) is 2.72. The van der Waals surface area contributed by atoms with Crippen LogP contribution in [-0.4, -0.2) is 19.2 Å². The van der Waals surface area contributed by atoms with Crippen LogP contribution in [0, 0.1) is 0 Å². The average Bonchev–Trinajstić information content (AvgIpc) is 2.44. The Morgan fingerprint density at radius 2 is 2.14 bits per heavy atom. The highest BCUT2D eigenvalue weighted by atomic mass is 16.2. The van der Waals surface area contributed by atoms with Crippen LogP contribution in [0.25, 0.3) is 0 Å². The Bertz CT molecular complexity index is 412. The Kier molecular flexibility index (Phi) is 1.88. The van der Waals surface area contributed by atoms with Gasteiger partial charge in [0.25, 0.3) is 0 Å². The fourth-order valence-corrected chi connectivity index (χ4v) is 1.83. The fraction of sp³-hybridized carbons (Fsp3) is 0.273. The molecule has 14 heavy (non-hydrogen) atoms. The van der Waals surface area contributed by atoms with Crippen molar-refractivity contribution in [3.05, 3.63) is 29.3 Å². The summed E-state index contributed by atoms with van der Waals surface area (Å²) < 4.78 is 0. The second-order valence-corrected chi connectivity index (χ2v) is 3.56. The van der Waals surface area contributed by atoms with Gasteiger partial charge in [-0.2, -0.15) is 0 Å². The third-order valence-electron chi connectivity index (χ3n) is 2.72. The van der Waals surface area contributed by atoms with Gasteiger partial charge in [0.05, 0.1) is 5.92 Å². The SMILES string of the molecule is CC1C(=O)N(C)c2cc(C=O)ccc21. The minimum absolute atomic E-state index is 0.0862. The molecule has 1 amide bonds. The van der Waals surface area contributed by atoms with E-state index in [0.29, 0.717) is 5.56 Å². The highest BCUT2D eigenvalue weighted by molar-refractivity contribution is 6.04. The summed E-state index contributed by atoms with van der Waals surface area (Å²) in [6.07, 6.45) is 0.793. The van der Waals surface area contributed by atoms with Gasteiger partial charge in [0.1, 0.15) is 6.29 Å². The first-order valence-corrected chi connectivity index (χ1v) is 4.52. The number of carbonyl (C=O) groups excluding carboxylic acids is 2. The van der Waals surface area contributed by atoms with Gasteiger partial charge in [0.15, 0.2) is 0 Å². The highest BCUT2D eigenvalue weighted by Crippen LogP contribution is 2.36. The number of amides is 1. The van der Waals surface area contributed by atoms with Crippen LogP contribution in [0.1, 0.15) is 28.8 Å². The largest absolute Gasteiger partial charge is 0.315 e. The first kappa shape index (κ1) is 8.94. The molecule has 1 aliphatic rings. The Balaban J connectivity index is 2.58. The van der Waals surface area contributed by atoms with Crippen LogP contribution in [0.5, 0.6) is 0 Å². The Hall–Kier alpha value is -1.64. The van der Waals surface area contributed by atoms with Gasteiger partial charge in [0, 0.05) is 18.3 Å². The van der Waals surface area contributed by atoms with Gasteiger partial charge in [-0.25, -0.2) is 0 Å². The standard InChI is InChI=1S/C11H11NO2/c1-7-9-4-3-8(6-13)5-10(9)12(2)11(7)14/h3-7H,1-2H3. The molecule has 0 N–H and O–H groups in total. The lowest BCUT2D eigenvalue weighted by Crippen LogP contribution is -2.22. The molecule has 0 spiro atoms. The number of hydrogen-bond acceptors (Lipinski definition) is 2. The van der Waals surface area contributed by atoms with Crippen molar-refractivity contribution in [2.75, 3.05) is 11.9 Å². The van der Waals surface area contributed by atoms with E-state index in [-0.39, 0.29) is 11.8 Å². The van der Waals surface area contributed by atoms with Crippen LogP contribution in [0.2, 0.25) is 0 Å². The van der Waals surface area contributed by atoms with Crippen molar-refractivity contribution in [1.82, 2.24) is 0 Å². The van der Waals surface area contributed by atoms with E-state index < -0.39 is 0 Å². The molecule has 0 saturated heterocycles. The van der Waals surface area contributed by atoms with E-state index in [1.807, 2.05) is 13.0 Å². The number of likely N-dealkylation sites (N-methyl/N-ethyl adjacent to an activating group) is 1. The number of benzene rings is 1. The van der Waals surface area contributed by atoms with E-state index >= 15 is 0 Å². The van der Waals surface area contributed by atoms with Gasteiger partial charge in [-0.1, -0.05) is 12.1 Å². The zero-order chi connectivity index (χ0) is 10.3. The average molecular weight is 189 g/mol. The van der Waals surface area contributed by atoms with Gasteiger partial charge in [-0.05, 0) is 18.6 Å². The summed E-state index contributed by atoms with van der Waals surface area (Å²) >= 11 is 0. The second-order valence-electron chi connectivity index (χ2n) is 3.56. The van der Waals surface area contributed by atoms with Crippen LogP contribution in [-0.2, 0) is 4.79 Å². The zero-order valence-electron chi connectivity index (χ0n) is 8.15. The molecule has 0 saturated carbocycles. The van der Waals surface area contributed by atoms with Crippen LogP contribution in [0.15, 0.2) is 18.2 Å². The van der Waals surface area contributed by atoms with E-state index in [0.717, 1.165) is 17.5 Å². The summed E-state index contributed by atoms with van der Waals surface area (Å²) in [6, 6.07) is 5.35. The molecule has 1 aromatic rings. The lowest BCUT2D eigenvalue weighted by molar-refractivity contribution is -0.118. The zero-order valence-corrected chi connectivity index (χ0v) is 8.15. The molecule has 0 aliphatic carbocycles. The van der Waals surface area contributed by atoms with Crippen molar-refractivity contribution < 1.29 is 9.59 Å². The molecule has 72 valence electrons. The monoisotopic (exact) mass is 189 g/mol. The summed E-state index contributed by atoms with van der Waals surface area (Å²) in [5, 5.41) is 0. The van der Waals surface area contributed by atoms with E-state index in [4.69, 9.17) is 0 Å². The summed E-state index contributed by atoms with van der Waals surface area (Å²) in [6.45, 7) is 1.88. The normalized spacial score (nSPS) is 19.7. The van der Waals surface area contributed by atoms with Gasteiger partial charge in [0.2, 0.25) is 5.91 Å². The molecule has 0 radical (unpaired) electrons. The summed E-state index contributed by atoms with van der Waals surface area (Å²) in [4.78, 5) is 23.8. The Labute approximate surface area is 82.3 Å². The predicted molar refractivity (Wildman–Crippen MR) is 53.7 cm³/mol. The number of rotatable bonds is 1. The van der Waals surface area contributed by atoms with Crippen molar-refractivity contribution in [3.8, 4) is 0 Å². The van der Waals surface area contributed by atoms with Gasteiger partial charge >= 0.3 is 0 Å². The Morgan fingerprint density at radius 1 is 1.43 bits per heavy atom. The molecule has 1 aliphatic heterocycles. The molecule has 1 heterocycles. The molecule has 3 nitrogen and oxygen atoms in total. The molecule has 0 fully saturated rings. The molecular weight excluding hydrogens is 178 g/mol. The maximum atomic E-state index is 11.6. The molecule has 2 rings (SSSR count). The van der Waals surface area contributed by atoms with Crippen LogP contribution in [0.3, 0.4) is 0 Å². The number of carbonyl (C=O) groups is 2. The van der Waals surface area contributed by atoms with Crippen LogP contribution < -0.4 is 4.90 Å². The molecule has 0 bridgehead atoms. The minimum Gasteiger partial charge on any atom is -0.315 e. The van der Waals surface area contributed by atoms with Crippen molar-refractivity contribution >= 4 is 17.9 Å². The number of aldehydes is 1. The second kappa shape index (κ2) is 2.94. The van der Waals surface area contributed by atoms with E-state index in [9.17, 15) is 9.59 Å². The first-order chi connectivity index (χ1) is 6.65. The summed E-state index contributed by atoms with van der Waals surface area (Å²) in [7, 11) is 1.74. The number of nitrogens with zero attached hydrogens (tertiary/aromatic N) is 1. The summed E-state index contributed by atoms with van der Waals surface area (Å²) in [5.74, 6) is -0.00116. The third kappa shape index (κ3) is 1.05. The van der Waals surface area contributed by atoms with Gasteiger partial charge in [-0.15, -0.1) is 0 Å². The maximum Gasteiger partial charge on any atom is 0.234 e. The van der Waals surface area contributed by atoms with Crippen LogP contribution in [0.4, 0.5) is 5.69 Å². The molecule has 1 atom stereocenters. The van der Waals surface area contributed by atoms with Crippen molar-refractivity contribution in [1.29, 1.82) is 0 Å². The Morgan fingerprint density at radius 3 is 2.79 bits per heavy atom. The maximum absolute atomic E-state index is 11.6. The number of anilines is 1. The molecule has 1 aromatic carbocycles. The van der Waals surface area contributed by atoms with Gasteiger partial charge < -0.3 is 4.90 Å². The summed E-state index contributed by atoms with van der Waals surface area (Å²) in [5.41, 5.74) is 2.47. The lowest BCUT2D eigenvalue weighted by atomic mass is 10.0. The smallest absolute Gasteiger partial charge is 0.234 e. The lowest BCUT2D eigenvalue weighted by Gasteiger charge is -2.09. The van der Waals surface area contributed by atoms with Crippen molar-refractivity contribution in [2.45, 2.75) is 12.8 Å². The number of hydrogen-bond donors (Lipinski definition) is 0. The van der Waals surface area contributed by atoms with Crippen molar-refractivity contribution in [3.63, 3.8) is 0 Å². The highest BCUT2D eigenvalue weighted by Gasteiger charge is 2.31. The first-order valence-electron chi connectivity index (χ1n) is 4.52. The molecular formula is C11H11NO2. The molecule has 1 unspecified atom stereocenters. The topological polar surface area (TPSA) is 37.4 Å². The quantitative estimate of drug-likeness (QED) is 0.629. The minimum atomic E-state index is -0.0873. The van der Waals surface area contributed by atoms with E-state index in [2.05, 4.69) is 0 Å². The van der Waals surface area contributed by atoms with Crippen molar-refractivity contribution in [2.24, 2.45) is 0 Å². The van der Waals surface area contributed by atoms with Gasteiger partial charge in [-0.3, -0.25) is 9.59 Å². The van der Waals surface area contributed by atoms with E-state index in [1.54, 1.807) is 24.1 Å². The fourth-order valence-electron chi connectivity index (χ4n) is 1.83. The molecule has 3 heteroatoms. The molecule has 0 aromatic heterocycles. The van der Waals surface area contributed by atoms with Crippen LogP contribution >= 0.6 is 0 Å². The number of fused-ring (bicyclic) bond motifs is 1.